The largest absolute Gasteiger partial charge is 0.472 e. The first-order chi connectivity index (χ1) is 9.47. The summed E-state index contributed by atoms with van der Waals surface area (Å²) < 4.78 is 10.4. The van der Waals surface area contributed by atoms with E-state index in [-0.39, 0.29) is 5.97 Å². The van der Waals surface area contributed by atoms with E-state index in [9.17, 15) is 9.90 Å². The van der Waals surface area contributed by atoms with E-state index in [0.29, 0.717) is 25.9 Å². The van der Waals surface area contributed by atoms with Gasteiger partial charge < -0.3 is 14.3 Å². The Bertz CT molecular complexity index is 514. The van der Waals surface area contributed by atoms with Crippen LogP contribution in [-0.2, 0) is 16.0 Å². The summed E-state index contributed by atoms with van der Waals surface area (Å²) in [5, 5.41) is 9.87. The predicted molar refractivity (Wildman–Crippen MR) is 75.2 cm³/mol. The Morgan fingerprint density at radius 1 is 1.55 bits per heavy atom. The smallest absolute Gasteiger partial charge is 0.315 e. The Hall–Kier alpha value is -1.55. The van der Waals surface area contributed by atoms with E-state index in [1.807, 2.05) is 20.8 Å². The molecule has 1 aliphatic rings. The molecule has 0 saturated heterocycles. The number of ether oxygens (including phenoxy) is 1. The lowest BCUT2D eigenvalue weighted by Gasteiger charge is -2.34. The fraction of sp³-hybridized carbons (Fsp3) is 0.562. The van der Waals surface area contributed by atoms with Crippen molar-refractivity contribution >= 4 is 5.97 Å². The zero-order valence-corrected chi connectivity index (χ0v) is 12.3. The summed E-state index contributed by atoms with van der Waals surface area (Å²) >= 11 is 0. The molecule has 1 aliphatic carbocycles. The molecular weight excluding hydrogens is 256 g/mol. The van der Waals surface area contributed by atoms with Gasteiger partial charge >= 0.3 is 5.97 Å². The molecule has 2 rings (SSSR count). The fourth-order valence-corrected chi connectivity index (χ4v) is 2.65. The Kier molecular flexibility index (Phi) is 4.33. The second kappa shape index (κ2) is 5.83. The van der Waals surface area contributed by atoms with Gasteiger partial charge in [0.25, 0.3) is 0 Å². The monoisotopic (exact) mass is 278 g/mol. The van der Waals surface area contributed by atoms with Crippen LogP contribution in [-0.4, -0.2) is 23.8 Å². The molecule has 1 aromatic heterocycles. The lowest BCUT2D eigenvalue weighted by atomic mass is 9.71. The SMILES string of the molecule is CCOC(=O)C1(C)CCC(O)C=C1Cc1cocc1C. The number of aryl methyl sites for hydroxylation is 1. The number of aliphatic hydroxyl groups excluding tert-OH is 1. The summed E-state index contributed by atoms with van der Waals surface area (Å²) in [6.07, 6.45) is 6.50. The van der Waals surface area contributed by atoms with E-state index in [4.69, 9.17) is 9.15 Å². The molecule has 0 bridgehead atoms. The summed E-state index contributed by atoms with van der Waals surface area (Å²) in [6, 6.07) is 0. The maximum Gasteiger partial charge on any atom is 0.315 e. The molecule has 2 atom stereocenters. The van der Waals surface area contributed by atoms with E-state index in [0.717, 1.165) is 16.7 Å². The molecule has 4 nitrogen and oxygen atoms in total. The van der Waals surface area contributed by atoms with Gasteiger partial charge in [-0.25, -0.2) is 0 Å². The highest BCUT2D eigenvalue weighted by atomic mass is 16.5. The van der Waals surface area contributed by atoms with Gasteiger partial charge in [-0.05, 0) is 51.2 Å². The van der Waals surface area contributed by atoms with E-state index >= 15 is 0 Å². The number of furan rings is 1. The third-order valence-corrected chi connectivity index (χ3v) is 4.11. The fourth-order valence-electron chi connectivity index (χ4n) is 2.65. The van der Waals surface area contributed by atoms with Crippen molar-refractivity contribution in [3.05, 3.63) is 35.3 Å². The van der Waals surface area contributed by atoms with Gasteiger partial charge in [0.15, 0.2) is 0 Å². The van der Waals surface area contributed by atoms with Crippen LogP contribution in [0.5, 0.6) is 0 Å². The van der Waals surface area contributed by atoms with Gasteiger partial charge in [-0.1, -0.05) is 11.6 Å². The van der Waals surface area contributed by atoms with Crippen molar-refractivity contribution < 1.29 is 19.1 Å². The Morgan fingerprint density at radius 3 is 2.90 bits per heavy atom. The maximum absolute atomic E-state index is 12.3. The molecule has 1 heterocycles. The maximum atomic E-state index is 12.3. The number of esters is 1. The molecule has 1 aromatic rings. The second-order valence-electron chi connectivity index (χ2n) is 5.61. The molecule has 0 amide bonds. The van der Waals surface area contributed by atoms with Crippen LogP contribution in [0.2, 0.25) is 0 Å². The molecule has 1 N–H and O–H groups in total. The first-order valence-electron chi connectivity index (χ1n) is 7.05. The molecule has 0 aromatic carbocycles. The van der Waals surface area contributed by atoms with Crippen LogP contribution in [0, 0.1) is 12.3 Å². The van der Waals surface area contributed by atoms with Gasteiger partial charge in [0.1, 0.15) is 0 Å². The van der Waals surface area contributed by atoms with Crippen molar-refractivity contribution in [1.29, 1.82) is 0 Å². The van der Waals surface area contributed by atoms with E-state index in [1.54, 1.807) is 18.6 Å². The van der Waals surface area contributed by atoms with Crippen molar-refractivity contribution in [2.75, 3.05) is 6.61 Å². The van der Waals surface area contributed by atoms with Gasteiger partial charge in [0.2, 0.25) is 0 Å². The normalized spacial score (nSPS) is 26.2. The van der Waals surface area contributed by atoms with E-state index < -0.39 is 11.5 Å². The summed E-state index contributed by atoms with van der Waals surface area (Å²) in [7, 11) is 0. The van der Waals surface area contributed by atoms with Crippen LogP contribution < -0.4 is 0 Å². The number of carbonyl (C=O) groups is 1. The Balaban J connectivity index is 2.29. The average molecular weight is 278 g/mol. The highest BCUT2D eigenvalue weighted by Gasteiger charge is 2.41. The number of hydrogen-bond donors (Lipinski definition) is 1. The van der Waals surface area contributed by atoms with E-state index in [1.165, 1.54) is 0 Å². The summed E-state index contributed by atoms with van der Waals surface area (Å²) in [5.41, 5.74) is 2.36. The zero-order valence-electron chi connectivity index (χ0n) is 12.3. The molecule has 0 fully saturated rings. The van der Waals surface area contributed by atoms with Gasteiger partial charge in [-0.15, -0.1) is 0 Å². The molecule has 0 spiro atoms. The lowest BCUT2D eigenvalue weighted by molar-refractivity contribution is -0.153. The molecule has 2 unspecified atom stereocenters. The topological polar surface area (TPSA) is 59.7 Å². The third kappa shape index (κ3) is 2.80. The van der Waals surface area contributed by atoms with Crippen LogP contribution in [0.15, 0.2) is 28.6 Å². The minimum absolute atomic E-state index is 0.209. The number of rotatable bonds is 4. The molecule has 110 valence electrons. The predicted octanol–water partition coefficient (Wildman–Crippen LogP) is 2.78. The Morgan fingerprint density at radius 2 is 2.30 bits per heavy atom. The first-order valence-corrected chi connectivity index (χ1v) is 7.05. The van der Waals surface area contributed by atoms with Crippen LogP contribution in [0.4, 0.5) is 0 Å². The molecule has 0 radical (unpaired) electrons. The number of carbonyl (C=O) groups excluding carboxylic acids is 1. The summed E-state index contributed by atoms with van der Waals surface area (Å²) in [5.74, 6) is -0.209. The highest BCUT2D eigenvalue weighted by molar-refractivity contribution is 5.80. The quantitative estimate of drug-likeness (QED) is 0.679. The average Bonchev–Trinajstić information content (AvgIpc) is 2.80. The third-order valence-electron chi connectivity index (χ3n) is 4.11. The minimum atomic E-state index is -0.654. The number of hydrogen-bond acceptors (Lipinski definition) is 4. The van der Waals surface area contributed by atoms with Crippen LogP contribution in [0.3, 0.4) is 0 Å². The standard InChI is InChI=1S/C16H22O4/c1-4-20-15(18)16(3)6-5-14(17)8-13(16)7-12-10-19-9-11(12)2/h8-10,14,17H,4-7H2,1-3H3. The van der Waals surface area contributed by atoms with Gasteiger partial charge in [0, 0.05) is 0 Å². The second-order valence-corrected chi connectivity index (χ2v) is 5.61. The van der Waals surface area contributed by atoms with E-state index in [2.05, 4.69) is 0 Å². The first kappa shape index (κ1) is 14.9. The molecule has 4 heteroatoms. The van der Waals surface area contributed by atoms with Crippen LogP contribution >= 0.6 is 0 Å². The van der Waals surface area contributed by atoms with Crippen molar-refractivity contribution in [1.82, 2.24) is 0 Å². The van der Waals surface area contributed by atoms with Crippen molar-refractivity contribution in [3.8, 4) is 0 Å². The molecule has 0 saturated carbocycles. The van der Waals surface area contributed by atoms with Gasteiger partial charge in [0.05, 0.1) is 30.7 Å². The van der Waals surface area contributed by atoms with Crippen molar-refractivity contribution in [3.63, 3.8) is 0 Å². The molecular formula is C16H22O4. The Labute approximate surface area is 119 Å². The minimum Gasteiger partial charge on any atom is -0.472 e. The van der Waals surface area contributed by atoms with Gasteiger partial charge in [-0.3, -0.25) is 4.79 Å². The van der Waals surface area contributed by atoms with Crippen LogP contribution in [0.25, 0.3) is 0 Å². The zero-order chi connectivity index (χ0) is 14.8. The van der Waals surface area contributed by atoms with Crippen molar-refractivity contribution in [2.45, 2.75) is 46.1 Å². The molecule has 0 aliphatic heterocycles. The summed E-state index contributed by atoms with van der Waals surface area (Å²) in [6.45, 7) is 6.05. The van der Waals surface area contributed by atoms with Gasteiger partial charge in [-0.2, -0.15) is 0 Å². The highest BCUT2D eigenvalue weighted by Crippen LogP contribution is 2.40. The lowest BCUT2D eigenvalue weighted by Crippen LogP contribution is -2.37. The summed E-state index contributed by atoms with van der Waals surface area (Å²) in [4.78, 5) is 12.3. The molecule has 20 heavy (non-hydrogen) atoms. The van der Waals surface area contributed by atoms with Crippen molar-refractivity contribution in [2.24, 2.45) is 5.41 Å². The number of aliphatic hydroxyl groups is 1. The van der Waals surface area contributed by atoms with Crippen LogP contribution in [0.1, 0.15) is 37.8 Å².